The highest BCUT2D eigenvalue weighted by Crippen LogP contribution is 2.22. The highest BCUT2D eigenvalue weighted by molar-refractivity contribution is 5.52. The summed E-state index contributed by atoms with van der Waals surface area (Å²) in [5.41, 5.74) is 5.16. The number of phenolic OH excluding ortho intramolecular Hbond substituents is 1. The van der Waals surface area contributed by atoms with Gasteiger partial charge in [0.05, 0.1) is 11.4 Å². The molecule has 0 atom stereocenters. The highest BCUT2D eigenvalue weighted by Gasteiger charge is 2.12. The van der Waals surface area contributed by atoms with E-state index in [0.717, 1.165) is 42.3 Å². The van der Waals surface area contributed by atoms with Crippen LogP contribution in [0.5, 0.6) is 5.75 Å². The Morgan fingerprint density at radius 1 is 0.645 bits per heavy atom. The topological polar surface area (TPSA) is 61.3 Å². The van der Waals surface area contributed by atoms with Crippen LogP contribution in [0.4, 0.5) is 5.69 Å². The number of rotatable bonds is 9. The summed E-state index contributed by atoms with van der Waals surface area (Å²) in [6.45, 7) is 2.76. The summed E-state index contributed by atoms with van der Waals surface area (Å²) in [5, 5.41) is 13.6. The summed E-state index contributed by atoms with van der Waals surface area (Å²) in [4.78, 5) is 11.3. The van der Waals surface area contributed by atoms with Gasteiger partial charge in [-0.25, -0.2) is 0 Å². The molecule has 0 unspecified atom stereocenters. The number of phenols is 1. The number of benzene rings is 2. The van der Waals surface area contributed by atoms with E-state index in [1.54, 1.807) is 6.07 Å². The first kappa shape index (κ1) is 20.6. The van der Waals surface area contributed by atoms with Crippen LogP contribution in [0.3, 0.4) is 0 Å². The Labute approximate surface area is 183 Å². The summed E-state index contributed by atoms with van der Waals surface area (Å²) in [6.07, 6.45) is 3.66. The average Bonchev–Trinajstić information content (AvgIpc) is 2.81. The molecule has 156 valence electrons. The summed E-state index contributed by atoms with van der Waals surface area (Å²) in [6, 6.07) is 27.7. The monoisotopic (exact) mass is 410 g/mol. The molecule has 0 bridgehead atoms. The summed E-state index contributed by atoms with van der Waals surface area (Å²) >= 11 is 0. The smallest absolute Gasteiger partial charge is 0.120 e. The van der Waals surface area contributed by atoms with Gasteiger partial charge in [-0.1, -0.05) is 48.5 Å². The normalized spacial score (nSPS) is 10.9. The van der Waals surface area contributed by atoms with Crippen molar-refractivity contribution in [3.05, 3.63) is 120 Å². The molecule has 0 aliphatic carbocycles. The number of aromatic nitrogens is 2. The predicted octanol–water partition coefficient (Wildman–Crippen LogP) is 5.00. The molecule has 5 heteroatoms. The molecule has 2 heterocycles. The lowest BCUT2D eigenvalue weighted by molar-refractivity contribution is 0.242. The lowest BCUT2D eigenvalue weighted by Crippen LogP contribution is -2.24. The molecule has 2 aromatic heterocycles. The SMILES string of the molecule is Oc1ccccc1CNc1ccccc1CN(Cc1ccccn1)Cc1ccccn1. The Morgan fingerprint density at radius 2 is 1.23 bits per heavy atom. The zero-order valence-corrected chi connectivity index (χ0v) is 17.4. The molecule has 2 aromatic carbocycles. The molecule has 0 spiro atoms. The largest absolute Gasteiger partial charge is 0.508 e. The Kier molecular flexibility index (Phi) is 6.88. The third kappa shape index (κ3) is 5.90. The predicted molar refractivity (Wildman–Crippen MR) is 123 cm³/mol. The van der Waals surface area contributed by atoms with Gasteiger partial charge in [-0.15, -0.1) is 0 Å². The van der Waals surface area contributed by atoms with Crippen LogP contribution in [-0.2, 0) is 26.2 Å². The van der Waals surface area contributed by atoms with Gasteiger partial charge in [0, 0.05) is 49.8 Å². The van der Waals surface area contributed by atoms with Crippen molar-refractivity contribution in [2.75, 3.05) is 5.32 Å². The minimum atomic E-state index is 0.305. The molecular formula is C26H26N4O. The molecule has 0 saturated heterocycles. The Hall–Kier alpha value is -3.70. The molecule has 4 rings (SSSR count). The van der Waals surface area contributed by atoms with E-state index in [1.165, 1.54) is 5.56 Å². The van der Waals surface area contributed by atoms with Crippen molar-refractivity contribution in [2.24, 2.45) is 0 Å². The van der Waals surface area contributed by atoms with Crippen molar-refractivity contribution in [3.8, 4) is 5.75 Å². The van der Waals surface area contributed by atoms with Crippen molar-refractivity contribution in [3.63, 3.8) is 0 Å². The Morgan fingerprint density at radius 3 is 1.84 bits per heavy atom. The van der Waals surface area contributed by atoms with E-state index in [0.29, 0.717) is 12.3 Å². The maximum atomic E-state index is 10.1. The van der Waals surface area contributed by atoms with Gasteiger partial charge in [0.2, 0.25) is 0 Å². The minimum absolute atomic E-state index is 0.305. The first-order chi connectivity index (χ1) is 15.3. The van der Waals surface area contributed by atoms with Gasteiger partial charge in [0.1, 0.15) is 5.75 Å². The second-order valence-corrected chi connectivity index (χ2v) is 7.43. The maximum Gasteiger partial charge on any atom is 0.120 e. The van der Waals surface area contributed by atoms with E-state index in [-0.39, 0.29) is 0 Å². The van der Waals surface area contributed by atoms with Crippen LogP contribution < -0.4 is 5.32 Å². The minimum Gasteiger partial charge on any atom is -0.508 e. The first-order valence-corrected chi connectivity index (χ1v) is 10.4. The van der Waals surface area contributed by atoms with Gasteiger partial charge in [-0.05, 0) is 42.0 Å². The van der Waals surface area contributed by atoms with Crippen molar-refractivity contribution in [2.45, 2.75) is 26.2 Å². The molecule has 2 N–H and O–H groups in total. The third-order valence-corrected chi connectivity index (χ3v) is 5.10. The number of pyridine rings is 2. The Bertz CT molecular complexity index is 1050. The summed E-state index contributed by atoms with van der Waals surface area (Å²) in [5.74, 6) is 0.305. The fourth-order valence-corrected chi connectivity index (χ4v) is 3.53. The standard InChI is InChI=1S/C26H26N4O/c31-26-14-4-2-9-21(26)17-29-25-13-3-1-10-22(25)18-30(19-23-11-5-7-15-27-23)20-24-12-6-8-16-28-24/h1-16,29,31H,17-20H2. The van der Waals surface area contributed by atoms with Gasteiger partial charge >= 0.3 is 0 Å². The number of para-hydroxylation sites is 2. The quantitative estimate of drug-likeness (QED) is 0.407. The Balaban J connectivity index is 1.52. The van der Waals surface area contributed by atoms with Crippen molar-refractivity contribution in [1.29, 1.82) is 0 Å². The van der Waals surface area contributed by atoms with Gasteiger partial charge in [0.15, 0.2) is 0 Å². The molecular weight excluding hydrogens is 384 g/mol. The third-order valence-electron chi connectivity index (χ3n) is 5.10. The van der Waals surface area contributed by atoms with E-state index in [9.17, 15) is 5.11 Å². The lowest BCUT2D eigenvalue weighted by Gasteiger charge is -2.23. The van der Waals surface area contributed by atoms with E-state index >= 15 is 0 Å². The van der Waals surface area contributed by atoms with Gasteiger partial charge in [-0.2, -0.15) is 0 Å². The molecule has 0 fully saturated rings. The van der Waals surface area contributed by atoms with E-state index in [4.69, 9.17) is 0 Å². The maximum absolute atomic E-state index is 10.1. The van der Waals surface area contributed by atoms with Gasteiger partial charge < -0.3 is 10.4 Å². The van der Waals surface area contributed by atoms with Crippen LogP contribution in [0.15, 0.2) is 97.3 Å². The zero-order chi connectivity index (χ0) is 21.3. The lowest BCUT2D eigenvalue weighted by atomic mass is 10.1. The van der Waals surface area contributed by atoms with E-state index in [1.807, 2.05) is 73.1 Å². The molecule has 31 heavy (non-hydrogen) atoms. The van der Waals surface area contributed by atoms with Crippen LogP contribution in [-0.4, -0.2) is 20.0 Å². The van der Waals surface area contributed by atoms with Gasteiger partial charge in [0.25, 0.3) is 0 Å². The van der Waals surface area contributed by atoms with Crippen LogP contribution >= 0.6 is 0 Å². The molecule has 0 saturated carbocycles. The fourth-order valence-electron chi connectivity index (χ4n) is 3.53. The van der Waals surface area contributed by atoms with E-state index < -0.39 is 0 Å². The van der Waals surface area contributed by atoms with Crippen molar-refractivity contribution >= 4 is 5.69 Å². The number of hydrogen-bond acceptors (Lipinski definition) is 5. The summed E-state index contributed by atoms with van der Waals surface area (Å²) in [7, 11) is 0. The fraction of sp³-hybridized carbons (Fsp3) is 0.154. The molecule has 5 nitrogen and oxygen atoms in total. The van der Waals surface area contributed by atoms with Gasteiger partial charge in [-0.3, -0.25) is 14.9 Å². The van der Waals surface area contributed by atoms with Crippen LogP contribution in [0.2, 0.25) is 0 Å². The molecule has 4 aromatic rings. The van der Waals surface area contributed by atoms with Crippen molar-refractivity contribution < 1.29 is 5.11 Å². The second-order valence-electron chi connectivity index (χ2n) is 7.43. The average molecular weight is 411 g/mol. The number of hydrogen-bond donors (Lipinski definition) is 2. The number of nitrogens with one attached hydrogen (secondary N) is 1. The van der Waals surface area contributed by atoms with Crippen molar-refractivity contribution in [1.82, 2.24) is 14.9 Å². The number of anilines is 1. The molecule has 0 aliphatic heterocycles. The molecule has 0 amide bonds. The van der Waals surface area contributed by atoms with Crippen LogP contribution in [0.25, 0.3) is 0 Å². The molecule has 0 aliphatic rings. The number of nitrogens with zero attached hydrogens (tertiary/aromatic N) is 3. The number of aromatic hydroxyl groups is 1. The van der Waals surface area contributed by atoms with E-state index in [2.05, 4.69) is 38.4 Å². The summed E-state index contributed by atoms with van der Waals surface area (Å²) < 4.78 is 0. The second kappa shape index (κ2) is 10.4. The highest BCUT2D eigenvalue weighted by atomic mass is 16.3. The van der Waals surface area contributed by atoms with Crippen LogP contribution in [0, 0.1) is 0 Å². The molecule has 0 radical (unpaired) electrons. The zero-order valence-electron chi connectivity index (χ0n) is 17.4. The first-order valence-electron chi connectivity index (χ1n) is 10.4. The van der Waals surface area contributed by atoms with Crippen LogP contribution in [0.1, 0.15) is 22.5 Å².